The van der Waals surface area contributed by atoms with Crippen molar-refractivity contribution in [3.05, 3.63) is 94.0 Å². The van der Waals surface area contributed by atoms with E-state index in [0.717, 1.165) is 59.8 Å². The van der Waals surface area contributed by atoms with Crippen LogP contribution < -0.4 is 0 Å². The van der Waals surface area contributed by atoms with Gasteiger partial charge in [-0.15, -0.1) is 0 Å². The molecule has 0 aliphatic heterocycles. The van der Waals surface area contributed by atoms with Gasteiger partial charge in [-0.2, -0.15) is 0 Å². The Morgan fingerprint density at radius 1 is 0.446 bits per heavy atom. The van der Waals surface area contributed by atoms with Crippen molar-refractivity contribution in [3.63, 3.8) is 0 Å². The van der Waals surface area contributed by atoms with Crippen LogP contribution in [0.4, 0.5) is 11.4 Å². The van der Waals surface area contributed by atoms with E-state index in [9.17, 15) is 10.2 Å². The van der Waals surface area contributed by atoms with E-state index >= 15 is 0 Å². The number of unbranched alkanes of at least 4 members (excludes halogenated alkanes) is 8. The van der Waals surface area contributed by atoms with Crippen LogP contribution in [-0.2, 0) is 25.7 Å². The molecule has 0 atom stereocenters. The average Bonchev–Trinajstić information content (AvgIpc) is 3.20. The number of nitrogens with zero attached hydrogens (tertiary/aromatic N) is 2. The minimum Gasteiger partial charge on any atom is -0.504 e. The standard InChI is InChI=1S/C40H64N2.C12H12O2/c1-7-13-19-20-26-40(42-38-30-28-34(22-15-9-3)36(32-38)24-17-11-5)39(25-18-12-6)41-37-29-27-33(21-14-8-2)35(31-37)23-16-10-4;1-7-3-4-9-5-11(13)12(14)6-10(9)8(7)2/h27-32H,7-26H2,1-6H3;3-6,13-14H,1-2H3. The molecule has 0 saturated heterocycles. The van der Waals surface area contributed by atoms with Gasteiger partial charge in [-0.1, -0.05) is 117 Å². The van der Waals surface area contributed by atoms with E-state index in [2.05, 4.69) is 77.9 Å². The number of aliphatic imine (C=N–C) groups is 2. The number of aryl methyl sites for hydroxylation is 6. The Labute approximate surface area is 342 Å². The van der Waals surface area contributed by atoms with E-state index in [-0.39, 0.29) is 11.5 Å². The molecule has 0 aliphatic rings. The summed E-state index contributed by atoms with van der Waals surface area (Å²) in [6.07, 6.45) is 24.0. The van der Waals surface area contributed by atoms with Gasteiger partial charge in [-0.3, -0.25) is 9.98 Å². The summed E-state index contributed by atoms with van der Waals surface area (Å²) >= 11 is 0. The Hall–Kier alpha value is -3.92. The summed E-state index contributed by atoms with van der Waals surface area (Å²) in [5.74, 6) is -0.132. The molecule has 4 aromatic rings. The lowest BCUT2D eigenvalue weighted by atomic mass is 9.96. The molecule has 0 unspecified atom stereocenters. The Morgan fingerprint density at radius 3 is 1.38 bits per heavy atom. The van der Waals surface area contributed by atoms with Gasteiger partial charge in [0.25, 0.3) is 0 Å². The van der Waals surface area contributed by atoms with Crippen LogP contribution in [0.2, 0.25) is 0 Å². The van der Waals surface area contributed by atoms with Gasteiger partial charge in [0.15, 0.2) is 11.5 Å². The summed E-state index contributed by atoms with van der Waals surface area (Å²) < 4.78 is 0. The van der Waals surface area contributed by atoms with Gasteiger partial charge in [-0.05, 0) is 171 Å². The van der Waals surface area contributed by atoms with E-state index in [1.165, 1.54) is 136 Å². The molecule has 0 saturated carbocycles. The molecule has 306 valence electrons. The number of rotatable bonds is 23. The predicted octanol–water partition coefficient (Wildman–Crippen LogP) is 15.9. The van der Waals surface area contributed by atoms with E-state index in [1.54, 1.807) is 12.1 Å². The van der Waals surface area contributed by atoms with Crippen molar-refractivity contribution in [1.29, 1.82) is 0 Å². The van der Waals surface area contributed by atoms with Crippen LogP contribution in [0.1, 0.15) is 178 Å². The van der Waals surface area contributed by atoms with E-state index in [1.807, 2.05) is 26.0 Å². The molecule has 4 nitrogen and oxygen atoms in total. The van der Waals surface area contributed by atoms with Crippen molar-refractivity contribution in [1.82, 2.24) is 0 Å². The fourth-order valence-corrected chi connectivity index (χ4v) is 7.30. The van der Waals surface area contributed by atoms with E-state index in [4.69, 9.17) is 9.98 Å². The molecule has 0 bridgehead atoms. The lowest BCUT2D eigenvalue weighted by molar-refractivity contribution is 0.405. The largest absolute Gasteiger partial charge is 0.504 e. The smallest absolute Gasteiger partial charge is 0.158 e. The number of hydrogen-bond donors (Lipinski definition) is 2. The second-order valence-corrected chi connectivity index (χ2v) is 15.9. The quantitative estimate of drug-likeness (QED) is 0.0449. The molecule has 0 aromatic heterocycles. The van der Waals surface area contributed by atoms with Crippen LogP contribution in [-0.4, -0.2) is 21.6 Å². The highest BCUT2D eigenvalue weighted by molar-refractivity contribution is 6.43. The third-order valence-corrected chi connectivity index (χ3v) is 11.1. The van der Waals surface area contributed by atoms with Crippen LogP contribution in [0, 0.1) is 13.8 Å². The minimum atomic E-state index is -0.0687. The summed E-state index contributed by atoms with van der Waals surface area (Å²) in [5.41, 5.74) is 13.0. The molecule has 0 amide bonds. The molecule has 56 heavy (non-hydrogen) atoms. The number of hydrogen-bond acceptors (Lipinski definition) is 4. The normalized spacial score (nSPS) is 11.9. The summed E-state index contributed by atoms with van der Waals surface area (Å²) in [6, 6.07) is 21.2. The maximum absolute atomic E-state index is 9.38. The first kappa shape index (κ1) is 46.5. The first-order valence-corrected chi connectivity index (χ1v) is 22.5. The predicted molar refractivity (Wildman–Crippen MR) is 247 cm³/mol. The van der Waals surface area contributed by atoms with Crippen LogP contribution in [0.3, 0.4) is 0 Å². The van der Waals surface area contributed by atoms with Crippen LogP contribution in [0.25, 0.3) is 10.8 Å². The van der Waals surface area contributed by atoms with Crippen molar-refractivity contribution in [2.24, 2.45) is 9.98 Å². The van der Waals surface area contributed by atoms with Gasteiger partial charge in [0, 0.05) is 0 Å². The molecule has 0 aliphatic carbocycles. The molecule has 0 fully saturated rings. The fraction of sp³-hybridized carbons (Fsp3) is 0.538. The summed E-state index contributed by atoms with van der Waals surface area (Å²) in [6.45, 7) is 17.8. The van der Waals surface area contributed by atoms with Crippen molar-refractivity contribution < 1.29 is 10.2 Å². The highest BCUT2D eigenvalue weighted by Gasteiger charge is 2.13. The van der Waals surface area contributed by atoms with Gasteiger partial charge in [0.1, 0.15) is 0 Å². The molecule has 4 heteroatoms. The number of phenolic OH excluding ortho intramolecular Hbond substituents is 2. The first-order chi connectivity index (χ1) is 27.2. The van der Waals surface area contributed by atoms with Crippen molar-refractivity contribution in [2.45, 2.75) is 184 Å². The molecule has 0 heterocycles. The Kier molecular flexibility index (Phi) is 21.6. The van der Waals surface area contributed by atoms with Gasteiger partial charge in [-0.25, -0.2) is 0 Å². The molecule has 0 spiro atoms. The summed E-state index contributed by atoms with van der Waals surface area (Å²) in [7, 11) is 0. The maximum Gasteiger partial charge on any atom is 0.158 e. The molecule has 0 radical (unpaired) electrons. The fourth-order valence-electron chi connectivity index (χ4n) is 7.30. The Bertz CT molecular complexity index is 1820. The average molecular weight is 761 g/mol. The first-order valence-electron chi connectivity index (χ1n) is 22.5. The van der Waals surface area contributed by atoms with Crippen molar-refractivity contribution in [3.8, 4) is 11.5 Å². The number of fused-ring (bicyclic) bond motifs is 1. The molecular weight excluding hydrogens is 685 g/mol. The number of benzene rings is 4. The molecule has 4 aromatic carbocycles. The Morgan fingerprint density at radius 2 is 0.893 bits per heavy atom. The summed E-state index contributed by atoms with van der Waals surface area (Å²) in [4.78, 5) is 10.8. The third-order valence-electron chi connectivity index (χ3n) is 11.1. The topological polar surface area (TPSA) is 65.2 Å². The second-order valence-electron chi connectivity index (χ2n) is 15.9. The van der Waals surface area contributed by atoms with Gasteiger partial charge in [0.05, 0.1) is 22.8 Å². The SMILES string of the molecule is CCCCCCC(=Nc1ccc(CCCC)c(CCCC)c1)C(CCCC)=Nc1ccc(CCCC)c(CCCC)c1.Cc1ccc2cc(O)c(O)cc2c1C. The lowest BCUT2D eigenvalue weighted by Gasteiger charge is -2.14. The lowest BCUT2D eigenvalue weighted by Crippen LogP contribution is -2.14. The van der Waals surface area contributed by atoms with Crippen LogP contribution >= 0.6 is 0 Å². The van der Waals surface area contributed by atoms with Crippen LogP contribution in [0.15, 0.2) is 70.6 Å². The highest BCUT2D eigenvalue weighted by Crippen LogP contribution is 2.33. The van der Waals surface area contributed by atoms with Gasteiger partial charge in [0.2, 0.25) is 0 Å². The van der Waals surface area contributed by atoms with E-state index < -0.39 is 0 Å². The molecule has 2 N–H and O–H groups in total. The van der Waals surface area contributed by atoms with Crippen molar-refractivity contribution >= 4 is 33.6 Å². The maximum atomic E-state index is 9.38. The zero-order valence-electron chi connectivity index (χ0n) is 36.7. The molecular formula is C52H76N2O2. The summed E-state index contributed by atoms with van der Waals surface area (Å²) in [5, 5.41) is 20.6. The highest BCUT2D eigenvalue weighted by atomic mass is 16.3. The monoisotopic (exact) mass is 761 g/mol. The molecule has 4 rings (SSSR count). The minimum absolute atomic E-state index is 0.0637. The van der Waals surface area contributed by atoms with Crippen molar-refractivity contribution in [2.75, 3.05) is 0 Å². The Balaban J connectivity index is 0.000000497. The van der Waals surface area contributed by atoms with E-state index in [0.29, 0.717) is 0 Å². The van der Waals surface area contributed by atoms with Crippen LogP contribution in [0.5, 0.6) is 11.5 Å². The van der Waals surface area contributed by atoms with Gasteiger partial charge < -0.3 is 10.2 Å². The zero-order valence-corrected chi connectivity index (χ0v) is 36.7. The number of aromatic hydroxyl groups is 2. The second kappa shape index (κ2) is 26.1. The van der Waals surface area contributed by atoms with Gasteiger partial charge >= 0.3 is 0 Å². The zero-order chi connectivity index (χ0) is 40.7. The number of phenols is 2. The third kappa shape index (κ3) is 15.2.